The van der Waals surface area contributed by atoms with Gasteiger partial charge in [-0.2, -0.15) is 5.26 Å². The van der Waals surface area contributed by atoms with Gasteiger partial charge in [-0.25, -0.2) is 0 Å². The zero-order valence-corrected chi connectivity index (χ0v) is 10.7. The van der Waals surface area contributed by atoms with Crippen molar-refractivity contribution < 1.29 is 0 Å². The fourth-order valence-corrected chi connectivity index (χ4v) is 2.42. The Balaban J connectivity index is 2.29. The molecule has 90 valence electrons. The largest absolute Gasteiger partial charge is 0.365 e. The Morgan fingerprint density at radius 3 is 3.18 bits per heavy atom. The smallest absolute Gasteiger partial charge is 0.0643 e. The van der Waals surface area contributed by atoms with Crippen LogP contribution in [0.3, 0.4) is 0 Å². The first-order valence-electron chi connectivity index (χ1n) is 5.83. The molecule has 1 aromatic carbocycles. The van der Waals surface area contributed by atoms with Crippen molar-refractivity contribution in [3.8, 4) is 6.07 Å². The average Bonchev–Trinajstić information content (AvgIpc) is 2.34. The van der Waals surface area contributed by atoms with Crippen LogP contribution in [0.4, 0.5) is 5.69 Å². The predicted molar refractivity (Wildman–Crippen MR) is 70.4 cm³/mol. The molecule has 0 aliphatic carbocycles. The molecule has 0 amide bonds. The monoisotopic (exact) mass is 249 g/mol. The molecule has 0 radical (unpaired) electrons. The normalized spacial score (nSPS) is 20.1. The van der Waals surface area contributed by atoms with Crippen LogP contribution in [0.25, 0.3) is 0 Å². The SMILES string of the molecule is Cc1ccc(Cl)cc1N1CCNCC1CC#N. The highest BCUT2D eigenvalue weighted by Gasteiger charge is 2.23. The highest BCUT2D eigenvalue weighted by atomic mass is 35.5. The summed E-state index contributed by atoms with van der Waals surface area (Å²) in [5.41, 5.74) is 2.36. The van der Waals surface area contributed by atoms with E-state index in [4.69, 9.17) is 16.9 Å². The third-order valence-corrected chi connectivity index (χ3v) is 3.39. The fraction of sp³-hybridized carbons (Fsp3) is 0.462. The predicted octanol–water partition coefficient (Wildman–Crippen LogP) is 2.34. The van der Waals surface area contributed by atoms with Crippen molar-refractivity contribution in [1.82, 2.24) is 5.32 Å². The lowest BCUT2D eigenvalue weighted by Crippen LogP contribution is -2.51. The van der Waals surface area contributed by atoms with Crippen LogP contribution in [-0.2, 0) is 0 Å². The van der Waals surface area contributed by atoms with Gasteiger partial charge in [0.2, 0.25) is 0 Å². The van der Waals surface area contributed by atoms with Gasteiger partial charge in [0.1, 0.15) is 0 Å². The van der Waals surface area contributed by atoms with E-state index in [1.165, 1.54) is 5.56 Å². The van der Waals surface area contributed by atoms with Crippen LogP contribution in [0.1, 0.15) is 12.0 Å². The van der Waals surface area contributed by atoms with Gasteiger partial charge in [-0.3, -0.25) is 0 Å². The first kappa shape index (κ1) is 12.2. The lowest BCUT2D eigenvalue weighted by atomic mass is 10.1. The molecule has 1 saturated heterocycles. The van der Waals surface area contributed by atoms with Crippen molar-refractivity contribution in [2.45, 2.75) is 19.4 Å². The molecular weight excluding hydrogens is 234 g/mol. The summed E-state index contributed by atoms with van der Waals surface area (Å²) in [6.45, 7) is 4.82. The number of hydrogen-bond donors (Lipinski definition) is 1. The van der Waals surface area contributed by atoms with E-state index in [1.54, 1.807) is 0 Å². The van der Waals surface area contributed by atoms with Crippen molar-refractivity contribution >= 4 is 17.3 Å². The van der Waals surface area contributed by atoms with E-state index in [9.17, 15) is 0 Å². The van der Waals surface area contributed by atoms with E-state index in [2.05, 4.69) is 23.2 Å². The van der Waals surface area contributed by atoms with Crippen LogP contribution in [-0.4, -0.2) is 25.7 Å². The van der Waals surface area contributed by atoms with Crippen LogP contribution in [0.2, 0.25) is 5.02 Å². The summed E-state index contributed by atoms with van der Waals surface area (Å²) in [6.07, 6.45) is 0.541. The number of benzene rings is 1. The topological polar surface area (TPSA) is 39.1 Å². The van der Waals surface area contributed by atoms with Gasteiger partial charge in [-0.15, -0.1) is 0 Å². The summed E-state index contributed by atoms with van der Waals surface area (Å²) in [6, 6.07) is 8.43. The molecule has 1 unspecified atom stereocenters. The zero-order chi connectivity index (χ0) is 12.3. The van der Waals surface area contributed by atoms with Gasteiger partial charge in [-0.1, -0.05) is 17.7 Å². The lowest BCUT2D eigenvalue weighted by Gasteiger charge is -2.37. The maximum Gasteiger partial charge on any atom is 0.0643 e. The van der Waals surface area contributed by atoms with E-state index in [0.29, 0.717) is 6.42 Å². The Morgan fingerprint density at radius 2 is 2.41 bits per heavy atom. The first-order chi connectivity index (χ1) is 8.22. The van der Waals surface area contributed by atoms with Crippen molar-refractivity contribution in [3.05, 3.63) is 28.8 Å². The van der Waals surface area contributed by atoms with E-state index in [-0.39, 0.29) is 6.04 Å². The van der Waals surface area contributed by atoms with Gasteiger partial charge >= 0.3 is 0 Å². The molecule has 4 heteroatoms. The quantitative estimate of drug-likeness (QED) is 0.875. The molecule has 0 spiro atoms. The van der Waals surface area contributed by atoms with Crippen LogP contribution >= 0.6 is 11.6 Å². The summed E-state index contributed by atoms with van der Waals surface area (Å²) in [4.78, 5) is 2.29. The van der Waals surface area contributed by atoms with Crippen LogP contribution in [0, 0.1) is 18.3 Å². The number of nitriles is 1. The summed E-state index contributed by atoms with van der Waals surface area (Å²) < 4.78 is 0. The second kappa shape index (κ2) is 5.39. The molecule has 17 heavy (non-hydrogen) atoms. The second-order valence-electron chi connectivity index (χ2n) is 4.34. The standard InChI is InChI=1S/C13H16ClN3/c1-10-2-3-11(14)8-13(10)17-7-6-16-9-12(17)4-5-15/h2-3,8,12,16H,4,6-7,9H2,1H3. The maximum atomic E-state index is 8.88. The Bertz CT molecular complexity index is 439. The summed E-state index contributed by atoms with van der Waals surface area (Å²) in [7, 11) is 0. The fourth-order valence-electron chi connectivity index (χ4n) is 2.26. The molecule has 0 bridgehead atoms. The number of halogens is 1. The number of piperazine rings is 1. The van der Waals surface area contributed by atoms with E-state index >= 15 is 0 Å². The Morgan fingerprint density at radius 1 is 1.59 bits per heavy atom. The van der Waals surface area contributed by atoms with Gasteiger partial charge in [0.25, 0.3) is 0 Å². The Kier molecular flexibility index (Phi) is 3.88. The highest BCUT2D eigenvalue weighted by molar-refractivity contribution is 6.30. The summed E-state index contributed by atoms with van der Waals surface area (Å²) in [5, 5.41) is 13.0. The van der Waals surface area contributed by atoms with Crippen molar-refractivity contribution in [2.75, 3.05) is 24.5 Å². The first-order valence-corrected chi connectivity index (χ1v) is 6.20. The van der Waals surface area contributed by atoms with Crippen molar-refractivity contribution in [2.24, 2.45) is 0 Å². The number of hydrogen-bond acceptors (Lipinski definition) is 3. The minimum absolute atomic E-state index is 0.242. The number of aryl methyl sites for hydroxylation is 1. The third kappa shape index (κ3) is 2.71. The molecule has 1 heterocycles. The van der Waals surface area contributed by atoms with Crippen LogP contribution in [0.15, 0.2) is 18.2 Å². The molecule has 1 aliphatic heterocycles. The molecule has 1 atom stereocenters. The van der Waals surface area contributed by atoms with E-state index < -0.39 is 0 Å². The van der Waals surface area contributed by atoms with Crippen molar-refractivity contribution in [1.29, 1.82) is 5.26 Å². The maximum absolute atomic E-state index is 8.88. The number of nitrogens with one attached hydrogen (secondary N) is 1. The third-order valence-electron chi connectivity index (χ3n) is 3.16. The highest BCUT2D eigenvalue weighted by Crippen LogP contribution is 2.27. The van der Waals surface area contributed by atoms with Gasteiger partial charge in [0.05, 0.1) is 18.5 Å². The molecule has 0 saturated carbocycles. The Hall–Kier alpha value is -1.24. The van der Waals surface area contributed by atoms with Gasteiger partial charge in [0.15, 0.2) is 0 Å². The molecule has 3 nitrogen and oxygen atoms in total. The number of anilines is 1. The molecule has 2 rings (SSSR count). The van der Waals surface area contributed by atoms with Gasteiger partial charge in [-0.05, 0) is 24.6 Å². The minimum atomic E-state index is 0.242. The molecule has 1 N–H and O–H groups in total. The molecule has 1 aliphatic rings. The van der Waals surface area contributed by atoms with Gasteiger partial charge < -0.3 is 10.2 Å². The van der Waals surface area contributed by atoms with Gasteiger partial charge in [0, 0.05) is 30.3 Å². The summed E-state index contributed by atoms with van der Waals surface area (Å²) in [5.74, 6) is 0. The van der Waals surface area contributed by atoms with E-state index in [1.807, 2.05) is 18.2 Å². The van der Waals surface area contributed by atoms with Crippen molar-refractivity contribution in [3.63, 3.8) is 0 Å². The molecule has 0 aromatic heterocycles. The van der Waals surface area contributed by atoms with Crippen LogP contribution in [0.5, 0.6) is 0 Å². The number of rotatable bonds is 2. The molecular formula is C13H16ClN3. The molecule has 1 fully saturated rings. The van der Waals surface area contributed by atoms with Crippen LogP contribution < -0.4 is 10.2 Å². The Labute approximate surface area is 107 Å². The summed E-state index contributed by atoms with van der Waals surface area (Å²) >= 11 is 6.05. The van der Waals surface area contributed by atoms with E-state index in [0.717, 1.165) is 30.3 Å². The molecule has 1 aromatic rings. The number of nitrogens with zero attached hydrogens (tertiary/aromatic N) is 2. The minimum Gasteiger partial charge on any atom is -0.365 e. The lowest BCUT2D eigenvalue weighted by molar-refractivity contribution is 0.480. The second-order valence-corrected chi connectivity index (χ2v) is 4.78. The zero-order valence-electron chi connectivity index (χ0n) is 9.91. The average molecular weight is 250 g/mol.